The first-order valence-corrected chi connectivity index (χ1v) is 12.1. The Kier molecular flexibility index (Phi) is 6.70. The topological polar surface area (TPSA) is 83.0 Å². The Bertz CT molecular complexity index is 1610. The molecule has 2 aromatic heterocycles. The van der Waals surface area contributed by atoms with E-state index in [4.69, 9.17) is 9.26 Å². The second-order valence-electron chi connectivity index (χ2n) is 7.99. The summed E-state index contributed by atoms with van der Waals surface area (Å²) in [5.74, 6) is 1.26. The maximum absolute atomic E-state index is 13.4. The Balaban J connectivity index is 1.43. The minimum Gasteiger partial charge on any atom is -0.496 e. The summed E-state index contributed by atoms with van der Waals surface area (Å²) in [4.78, 5) is 22.4. The SMILES string of the molecule is COc1ccccc1Cn1c(SCc2nc(-c3ccc(C(F)(F)F)cc3)no2)nc2ccccc2c1=O. The van der Waals surface area contributed by atoms with Gasteiger partial charge in [-0.05, 0) is 30.3 Å². The zero-order valence-corrected chi connectivity index (χ0v) is 20.2. The number of para-hydroxylation sites is 2. The fourth-order valence-corrected chi connectivity index (χ4v) is 4.60. The summed E-state index contributed by atoms with van der Waals surface area (Å²) >= 11 is 1.24. The van der Waals surface area contributed by atoms with E-state index in [2.05, 4.69) is 15.1 Å². The molecule has 0 aliphatic carbocycles. The number of methoxy groups -OCH3 is 1. The molecule has 188 valence electrons. The molecule has 0 N–H and O–H groups in total. The molecule has 0 unspecified atom stereocenters. The second kappa shape index (κ2) is 10.1. The summed E-state index contributed by atoms with van der Waals surface area (Å²) in [7, 11) is 1.57. The molecule has 0 saturated carbocycles. The lowest BCUT2D eigenvalue weighted by Gasteiger charge is -2.14. The first-order chi connectivity index (χ1) is 17.8. The summed E-state index contributed by atoms with van der Waals surface area (Å²) in [5, 5.41) is 4.82. The third-order valence-electron chi connectivity index (χ3n) is 5.61. The van der Waals surface area contributed by atoms with E-state index in [1.165, 1.54) is 23.9 Å². The normalized spacial score (nSPS) is 11.7. The fraction of sp³-hybridized carbons (Fsp3) is 0.154. The predicted octanol–water partition coefficient (Wildman–Crippen LogP) is 5.81. The highest BCUT2D eigenvalue weighted by Gasteiger charge is 2.30. The Morgan fingerprint density at radius 3 is 2.46 bits per heavy atom. The van der Waals surface area contributed by atoms with Gasteiger partial charge in [-0.1, -0.05) is 59.4 Å². The van der Waals surface area contributed by atoms with Crippen LogP contribution in [-0.2, 0) is 18.5 Å². The number of hydrogen-bond acceptors (Lipinski definition) is 7. The molecule has 37 heavy (non-hydrogen) atoms. The van der Waals surface area contributed by atoms with Crippen molar-refractivity contribution in [1.82, 2.24) is 19.7 Å². The number of benzene rings is 3. The van der Waals surface area contributed by atoms with E-state index in [9.17, 15) is 18.0 Å². The van der Waals surface area contributed by atoms with Gasteiger partial charge in [0.1, 0.15) is 5.75 Å². The Morgan fingerprint density at radius 1 is 0.973 bits per heavy atom. The number of ether oxygens (including phenoxy) is 1. The van der Waals surface area contributed by atoms with Crippen molar-refractivity contribution in [3.05, 3.63) is 100 Å². The van der Waals surface area contributed by atoms with Gasteiger partial charge in [0, 0.05) is 11.1 Å². The van der Waals surface area contributed by atoms with Crippen molar-refractivity contribution in [2.45, 2.75) is 23.6 Å². The third kappa shape index (κ3) is 5.21. The van der Waals surface area contributed by atoms with E-state index in [1.807, 2.05) is 30.3 Å². The zero-order chi connectivity index (χ0) is 26.0. The number of hydrogen-bond donors (Lipinski definition) is 0. The summed E-state index contributed by atoms with van der Waals surface area (Å²) in [6.45, 7) is 0.240. The third-order valence-corrected chi connectivity index (χ3v) is 6.57. The molecule has 3 aromatic carbocycles. The number of thioether (sulfide) groups is 1. The van der Waals surface area contributed by atoms with E-state index in [1.54, 1.807) is 29.9 Å². The van der Waals surface area contributed by atoms with Gasteiger partial charge in [-0.3, -0.25) is 9.36 Å². The Labute approximate surface area is 212 Å². The summed E-state index contributed by atoms with van der Waals surface area (Å²) in [6, 6.07) is 19.0. The average Bonchev–Trinajstić information content (AvgIpc) is 3.38. The van der Waals surface area contributed by atoms with E-state index in [-0.39, 0.29) is 29.6 Å². The first-order valence-electron chi connectivity index (χ1n) is 11.1. The maximum Gasteiger partial charge on any atom is 0.416 e. The van der Waals surface area contributed by atoms with Crippen LogP contribution in [0, 0.1) is 0 Å². The van der Waals surface area contributed by atoms with Crippen LogP contribution in [0.2, 0.25) is 0 Å². The molecule has 0 fully saturated rings. The predicted molar refractivity (Wildman–Crippen MR) is 132 cm³/mol. The van der Waals surface area contributed by atoms with Crippen LogP contribution in [0.25, 0.3) is 22.3 Å². The van der Waals surface area contributed by atoms with Gasteiger partial charge >= 0.3 is 6.18 Å². The Hall–Kier alpha value is -4.12. The van der Waals surface area contributed by atoms with Crippen molar-refractivity contribution in [2.24, 2.45) is 0 Å². The highest BCUT2D eigenvalue weighted by molar-refractivity contribution is 7.98. The van der Waals surface area contributed by atoms with Crippen molar-refractivity contribution in [3.63, 3.8) is 0 Å². The second-order valence-corrected chi connectivity index (χ2v) is 8.93. The minimum absolute atomic E-state index is 0.169. The molecule has 0 amide bonds. The number of rotatable bonds is 7. The molecule has 0 spiro atoms. The van der Waals surface area contributed by atoms with Gasteiger partial charge in [0.15, 0.2) is 5.16 Å². The standard InChI is InChI=1S/C26H19F3N4O3S/c1-35-21-9-5-2-6-17(21)14-33-24(34)19-7-3-4-8-20(19)30-25(33)37-15-22-31-23(32-36-22)16-10-12-18(13-11-16)26(27,28)29/h2-13H,14-15H2,1H3. The van der Waals surface area contributed by atoms with Crippen molar-refractivity contribution in [3.8, 4) is 17.1 Å². The molecule has 0 atom stereocenters. The van der Waals surface area contributed by atoms with Crippen LogP contribution in [0.15, 0.2) is 87.3 Å². The smallest absolute Gasteiger partial charge is 0.416 e. The fourth-order valence-electron chi connectivity index (χ4n) is 3.77. The van der Waals surface area contributed by atoms with Gasteiger partial charge < -0.3 is 9.26 Å². The van der Waals surface area contributed by atoms with Crippen LogP contribution in [-0.4, -0.2) is 26.8 Å². The molecule has 0 bridgehead atoms. The molecular weight excluding hydrogens is 505 g/mol. The molecular formula is C26H19F3N4O3S. The van der Waals surface area contributed by atoms with Gasteiger partial charge in [0.25, 0.3) is 5.56 Å². The van der Waals surface area contributed by atoms with E-state index in [0.717, 1.165) is 17.7 Å². The molecule has 7 nitrogen and oxygen atoms in total. The Morgan fingerprint density at radius 2 is 1.70 bits per heavy atom. The summed E-state index contributed by atoms with van der Waals surface area (Å²) in [6.07, 6.45) is -4.43. The van der Waals surface area contributed by atoms with Crippen LogP contribution >= 0.6 is 11.8 Å². The molecule has 0 radical (unpaired) electrons. The lowest BCUT2D eigenvalue weighted by Crippen LogP contribution is -2.24. The molecule has 0 aliphatic heterocycles. The van der Waals surface area contributed by atoms with Crippen LogP contribution < -0.4 is 10.3 Å². The number of alkyl halides is 3. The van der Waals surface area contributed by atoms with Crippen LogP contribution in [0.3, 0.4) is 0 Å². The number of aromatic nitrogens is 4. The number of nitrogens with zero attached hydrogens (tertiary/aromatic N) is 4. The monoisotopic (exact) mass is 524 g/mol. The number of fused-ring (bicyclic) bond motifs is 1. The molecule has 0 saturated heterocycles. The quantitative estimate of drug-likeness (QED) is 0.196. The van der Waals surface area contributed by atoms with Crippen LogP contribution in [0.4, 0.5) is 13.2 Å². The number of halogens is 3. The summed E-state index contributed by atoms with van der Waals surface area (Å²) < 4.78 is 50.8. The maximum atomic E-state index is 13.4. The summed E-state index contributed by atoms with van der Waals surface area (Å²) in [5.41, 5.74) is 0.807. The van der Waals surface area contributed by atoms with E-state index in [0.29, 0.717) is 27.4 Å². The molecule has 2 heterocycles. The van der Waals surface area contributed by atoms with Gasteiger partial charge in [0.05, 0.1) is 35.9 Å². The molecule has 5 aromatic rings. The van der Waals surface area contributed by atoms with E-state index >= 15 is 0 Å². The van der Waals surface area contributed by atoms with E-state index < -0.39 is 11.7 Å². The molecule has 5 rings (SSSR count). The van der Waals surface area contributed by atoms with Crippen molar-refractivity contribution < 1.29 is 22.4 Å². The van der Waals surface area contributed by atoms with Gasteiger partial charge in [-0.2, -0.15) is 18.2 Å². The highest BCUT2D eigenvalue weighted by atomic mass is 32.2. The average molecular weight is 525 g/mol. The molecule has 0 aliphatic rings. The first kappa shape index (κ1) is 24.6. The van der Waals surface area contributed by atoms with Gasteiger partial charge in [0.2, 0.25) is 11.7 Å². The van der Waals surface area contributed by atoms with Crippen molar-refractivity contribution >= 4 is 22.7 Å². The minimum atomic E-state index is -4.43. The van der Waals surface area contributed by atoms with Crippen molar-refractivity contribution in [2.75, 3.05) is 7.11 Å². The zero-order valence-electron chi connectivity index (χ0n) is 19.4. The largest absolute Gasteiger partial charge is 0.496 e. The lowest BCUT2D eigenvalue weighted by atomic mass is 10.1. The van der Waals surface area contributed by atoms with Crippen molar-refractivity contribution in [1.29, 1.82) is 0 Å². The molecule has 11 heteroatoms. The van der Waals surface area contributed by atoms with Gasteiger partial charge in [-0.25, -0.2) is 4.98 Å². The van der Waals surface area contributed by atoms with Crippen LogP contribution in [0.1, 0.15) is 17.0 Å². The van der Waals surface area contributed by atoms with Crippen LogP contribution in [0.5, 0.6) is 5.75 Å². The van der Waals surface area contributed by atoms with Gasteiger partial charge in [-0.15, -0.1) is 0 Å². The highest BCUT2D eigenvalue weighted by Crippen LogP contribution is 2.31. The lowest BCUT2D eigenvalue weighted by molar-refractivity contribution is -0.137.